The molecule has 0 rings (SSSR count). The van der Waals surface area contributed by atoms with Gasteiger partial charge in [-0.1, -0.05) is 47.5 Å². The van der Waals surface area contributed by atoms with Crippen molar-refractivity contribution in [3.8, 4) is 6.07 Å². The molecule has 0 saturated heterocycles. The van der Waals surface area contributed by atoms with Crippen LogP contribution in [0.1, 0.15) is 60.3 Å². The topological polar surface area (TPSA) is 59.3 Å². The van der Waals surface area contributed by atoms with Crippen molar-refractivity contribution in [2.24, 2.45) is 5.41 Å². The highest BCUT2D eigenvalue weighted by atomic mass is 31.2. The predicted molar refractivity (Wildman–Crippen MR) is 78.2 cm³/mol. The van der Waals surface area contributed by atoms with Crippen molar-refractivity contribution in [3.63, 3.8) is 0 Å². The molecule has 1 atom stereocenters. The summed E-state index contributed by atoms with van der Waals surface area (Å²) in [5, 5.41) is 9.33. The Hall–Kier alpha value is -0.360. The maximum atomic E-state index is 12.9. The highest BCUT2D eigenvalue weighted by molar-refractivity contribution is 7.55. The molecule has 0 aromatic rings. The molecule has 112 valence electrons. The van der Waals surface area contributed by atoms with Gasteiger partial charge < -0.3 is 9.05 Å². The van der Waals surface area contributed by atoms with E-state index in [0.29, 0.717) is 13.2 Å². The second-order valence-corrected chi connectivity index (χ2v) is 7.92. The van der Waals surface area contributed by atoms with Crippen molar-refractivity contribution in [3.05, 3.63) is 0 Å². The standard InChI is InChI=1S/C14H28NO3P/c1-6-8-10-17-19(16,18-11-9-7-2)13(12-15)14(3,4)5/h13H,6-11H2,1-5H3. The average Bonchev–Trinajstić information content (AvgIpc) is 2.28. The Bertz CT molecular complexity index is 317. The molecule has 19 heavy (non-hydrogen) atoms. The van der Waals surface area contributed by atoms with Gasteiger partial charge in [-0.25, -0.2) is 0 Å². The van der Waals surface area contributed by atoms with Gasteiger partial charge in [0.25, 0.3) is 0 Å². The molecule has 1 unspecified atom stereocenters. The maximum absolute atomic E-state index is 12.9. The number of unbranched alkanes of at least 4 members (excludes halogenated alkanes) is 2. The third-order valence-corrected chi connectivity index (χ3v) is 5.40. The van der Waals surface area contributed by atoms with Crippen molar-refractivity contribution in [2.45, 2.75) is 66.0 Å². The number of nitriles is 1. The monoisotopic (exact) mass is 289 g/mol. The van der Waals surface area contributed by atoms with Gasteiger partial charge in [0.05, 0.1) is 19.3 Å². The Morgan fingerprint density at radius 2 is 1.53 bits per heavy atom. The van der Waals surface area contributed by atoms with E-state index in [2.05, 4.69) is 6.07 Å². The van der Waals surface area contributed by atoms with E-state index in [1.165, 1.54) is 0 Å². The van der Waals surface area contributed by atoms with Crippen LogP contribution in [0.2, 0.25) is 0 Å². The Morgan fingerprint density at radius 3 is 1.79 bits per heavy atom. The van der Waals surface area contributed by atoms with E-state index < -0.39 is 18.7 Å². The van der Waals surface area contributed by atoms with Crippen molar-refractivity contribution in [1.82, 2.24) is 0 Å². The smallest absolute Gasteiger partial charge is 0.308 e. The molecule has 0 aromatic heterocycles. The minimum atomic E-state index is -3.37. The molecule has 0 aliphatic heterocycles. The van der Waals surface area contributed by atoms with Gasteiger partial charge in [-0.2, -0.15) is 5.26 Å². The Labute approximate surface area is 118 Å². The molecule has 0 aliphatic rings. The molecule has 0 aliphatic carbocycles. The lowest BCUT2D eigenvalue weighted by Gasteiger charge is -2.31. The maximum Gasteiger partial charge on any atom is 0.348 e. The molecule has 5 heteroatoms. The highest BCUT2D eigenvalue weighted by Crippen LogP contribution is 2.58. The summed E-state index contributed by atoms with van der Waals surface area (Å²) in [4.78, 5) is 0. The zero-order valence-electron chi connectivity index (χ0n) is 12.9. The largest absolute Gasteiger partial charge is 0.348 e. The first kappa shape index (κ1) is 18.6. The Kier molecular flexibility index (Phi) is 8.57. The molecule has 0 spiro atoms. The van der Waals surface area contributed by atoms with E-state index in [9.17, 15) is 9.83 Å². The first-order chi connectivity index (χ1) is 8.81. The van der Waals surface area contributed by atoms with Gasteiger partial charge in [-0.3, -0.25) is 4.57 Å². The number of hydrogen-bond donors (Lipinski definition) is 0. The molecule has 0 radical (unpaired) electrons. The van der Waals surface area contributed by atoms with Gasteiger partial charge in [0.2, 0.25) is 0 Å². The van der Waals surface area contributed by atoms with Crippen molar-refractivity contribution in [1.29, 1.82) is 5.26 Å². The molecular formula is C14H28NO3P. The summed E-state index contributed by atoms with van der Waals surface area (Å²) >= 11 is 0. The van der Waals surface area contributed by atoms with Crippen LogP contribution in [0.3, 0.4) is 0 Å². The molecule has 0 heterocycles. The van der Waals surface area contributed by atoms with E-state index in [-0.39, 0.29) is 0 Å². The van der Waals surface area contributed by atoms with Gasteiger partial charge in [0.1, 0.15) is 0 Å². The molecular weight excluding hydrogens is 261 g/mol. The van der Waals surface area contributed by atoms with Crippen LogP contribution in [0.15, 0.2) is 0 Å². The summed E-state index contributed by atoms with van der Waals surface area (Å²) in [6, 6.07) is 2.12. The third-order valence-electron chi connectivity index (χ3n) is 2.80. The summed E-state index contributed by atoms with van der Waals surface area (Å²) in [5.41, 5.74) is -1.16. The minimum absolute atomic E-state index is 0.383. The molecule has 0 bridgehead atoms. The second-order valence-electron chi connectivity index (χ2n) is 5.81. The van der Waals surface area contributed by atoms with E-state index in [1.54, 1.807) is 0 Å². The lowest BCUT2D eigenvalue weighted by Crippen LogP contribution is -2.27. The predicted octanol–water partition coefficient (Wildman–Crippen LogP) is 4.75. The summed E-state index contributed by atoms with van der Waals surface area (Å²) in [5.74, 6) is 0. The van der Waals surface area contributed by atoms with Gasteiger partial charge in [0, 0.05) is 0 Å². The highest BCUT2D eigenvalue weighted by Gasteiger charge is 2.44. The number of hydrogen-bond acceptors (Lipinski definition) is 4. The fraction of sp³-hybridized carbons (Fsp3) is 0.929. The van der Waals surface area contributed by atoms with E-state index in [1.807, 2.05) is 34.6 Å². The first-order valence-electron chi connectivity index (χ1n) is 7.10. The van der Waals surface area contributed by atoms with Crippen molar-refractivity contribution in [2.75, 3.05) is 13.2 Å². The van der Waals surface area contributed by atoms with E-state index >= 15 is 0 Å². The fourth-order valence-corrected chi connectivity index (χ4v) is 3.83. The summed E-state index contributed by atoms with van der Waals surface area (Å²) in [7, 11) is -3.37. The minimum Gasteiger partial charge on any atom is -0.308 e. The number of nitrogens with zero attached hydrogens (tertiary/aromatic N) is 1. The molecule has 4 nitrogen and oxygen atoms in total. The van der Waals surface area contributed by atoms with Gasteiger partial charge in [-0.15, -0.1) is 0 Å². The van der Waals surface area contributed by atoms with Crippen LogP contribution in [0.4, 0.5) is 0 Å². The van der Waals surface area contributed by atoms with Crippen molar-refractivity contribution < 1.29 is 13.6 Å². The lowest BCUT2D eigenvalue weighted by molar-refractivity contribution is 0.184. The van der Waals surface area contributed by atoms with Crippen LogP contribution in [0.25, 0.3) is 0 Å². The SMILES string of the molecule is CCCCOP(=O)(OCCCC)C(C#N)C(C)(C)C. The summed E-state index contributed by atoms with van der Waals surface area (Å²) in [6.07, 6.45) is 3.57. The molecule has 0 fully saturated rings. The fourth-order valence-electron chi connectivity index (χ4n) is 1.60. The summed E-state index contributed by atoms with van der Waals surface area (Å²) < 4.78 is 23.9. The van der Waals surface area contributed by atoms with Crippen LogP contribution in [0, 0.1) is 16.7 Å². The first-order valence-corrected chi connectivity index (χ1v) is 8.71. The second kappa shape index (κ2) is 8.74. The Balaban J connectivity index is 4.91. The quantitative estimate of drug-likeness (QED) is 0.454. The normalized spacial score (nSPS) is 14.1. The Morgan fingerprint density at radius 1 is 1.11 bits per heavy atom. The van der Waals surface area contributed by atoms with Crippen LogP contribution in [-0.4, -0.2) is 18.9 Å². The number of rotatable bonds is 9. The van der Waals surface area contributed by atoms with Crippen LogP contribution in [0.5, 0.6) is 0 Å². The van der Waals surface area contributed by atoms with E-state index in [0.717, 1.165) is 25.7 Å². The average molecular weight is 289 g/mol. The molecule has 0 saturated carbocycles. The van der Waals surface area contributed by atoms with Crippen molar-refractivity contribution >= 4 is 7.60 Å². The zero-order chi connectivity index (χ0) is 14.9. The van der Waals surface area contributed by atoms with Gasteiger partial charge in [-0.05, 0) is 18.3 Å². The van der Waals surface area contributed by atoms with Gasteiger partial charge in [0.15, 0.2) is 5.66 Å². The molecule has 0 aromatic carbocycles. The lowest BCUT2D eigenvalue weighted by atomic mass is 9.93. The van der Waals surface area contributed by atoms with Crippen LogP contribution in [-0.2, 0) is 13.6 Å². The zero-order valence-corrected chi connectivity index (χ0v) is 13.8. The van der Waals surface area contributed by atoms with Crippen LogP contribution >= 0.6 is 7.60 Å². The molecule has 0 N–H and O–H groups in total. The molecule has 0 amide bonds. The van der Waals surface area contributed by atoms with E-state index in [4.69, 9.17) is 9.05 Å². The summed E-state index contributed by atoms with van der Waals surface area (Å²) in [6.45, 7) is 10.5. The van der Waals surface area contributed by atoms with Crippen LogP contribution < -0.4 is 0 Å². The third kappa shape index (κ3) is 6.56. The van der Waals surface area contributed by atoms with Gasteiger partial charge >= 0.3 is 7.60 Å².